The van der Waals surface area contributed by atoms with Crippen molar-refractivity contribution in [1.82, 2.24) is 15.5 Å². The number of primary amides is 1. The van der Waals surface area contributed by atoms with Crippen LogP contribution in [0, 0.1) is 0 Å². The van der Waals surface area contributed by atoms with E-state index in [-0.39, 0.29) is 5.91 Å². The van der Waals surface area contributed by atoms with E-state index in [0.717, 1.165) is 13.1 Å². The van der Waals surface area contributed by atoms with Crippen molar-refractivity contribution in [2.45, 2.75) is 12.5 Å². The van der Waals surface area contributed by atoms with Crippen molar-refractivity contribution < 1.29 is 9.59 Å². The number of nitrogens with zero attached hydrogens (tertiary/aromatic N) is 1. The van der Waals surface area contributed by atoms with Gasteiger partial charge in [-0.05, 0) is 7.05 Å². The molecule has 1 saturated heterocycles. The summed E-state index contributed by atoms with van der Waals surface area (Å²) in [5, 5.41) is 5.18. The number of nitrogens with one attached hydrogen (secondary N) is 2. The number of amides is 3. The first kappa shape index (κ1) is 10.9. The number of imide groups is 1. The SMILES string of the molecule is CN(CCC(=O)NC(N)=O)C1CNC1. The third kappa shape index (κ3) is 3.31. The lowest BCUT2D eigenvalue weighted by atomic mass is 10.1. The van der Waals surface area contributed by atoms with Gasteiger partial charge in [-0.2, -0.15) is 0 Å². The summed E-state index contributed by atoms with van der Waals surface area (Å²) in [7, 11) is 1.96. The van der Waals surface area contributed by atoms with Crippen LogP contribution < -0.4 is 16.4 Å². The number of nitrogens with two attached hydrogens (primary N) is 1. The monoisotopic (exact) mass is 200 g/mol. The van der Waals surface area contributed by atoms with E-state index in [1.807, 2.05) is 12.4 Å². The van der Waals surface area contributed by atoms with Crippen LogP contribution in [0.5, 0.6) is 0 Å². The van der Waals surface area contributed by atoms with Gasteiger partial charge in [0.15, 0.2) is 0 Å². The zero-order chi connectivity index (χ0) is 10.6. The van der Waals surface area contributed by atoms with E-state index in [1.54, 1.807) is 0 Å². The van der Waals surface area contributed by atoms with E-state index in [1.165, 1.54) is 0 Å². The van der Waals surface area contributed by atoms with E-state index in [2.05, 4.69) is 10.2 Å². The molecule has 0 aromatic rings. The maximum atomic E-state index is 11.0. The fraction of sp³-hybridized carbons (Fsp3) is 0.750. The number of urea groups is 1. The van der Waals surface area contributed by atoms with Crippen LogP contribution in [0.3, 0.4) is 0 Å². The highest BCUT2D eigenvalue weighted by atomic mass is 16.2. The Morgan fingerprint density at radius 1 is 1.57 bits per heavy atom. The van der Waals surface area contributed by atoms with Gasteiger partial charge in [0, 0.05) is 32.1 Å². The van der Waals surface area contributed by atoms with Crippen molar-refractivity contribution in [2.75, 3.05) is 26.7 Å². The van der Waals surface area contributed by atoms with Crippen molar-refractivity contribution in [2.24, 2.45) is 5.73 Å². The molecule has 4 N–H and O–H groups in total. The first-order chi connectivity index (χ1) is 6.59. The van der Waals surface area contributed by atoms with Gasteiger partial charge >= 0.3 is 6.03 Å². The molecule has 6 nitrogen and oxygen atoms in total. The molecule has 80 valence electrons. The lowest BCUT2D eigenvalue weighted by Crippen LogP contribution is -2.56. The Labute approximate surface area is 82.8 Å². The van der Waals surface area contributed by atoms with Gasteiger partial charge in [-0.15, -0.1) is 0 Å². The minimum Gasteiger partial charge on any atom is -0.351 e. The first-order valence-corrected chi connectivity index (χ1v) is 4.60. The topological polar surface area (TPSA) is 87.5 Å². The quantitative estimate of drug-likeness (QED) is 0.514. The van der Waals surface area contributed by atoms with Gasteiger partial charge in [-0.1, -0.05) is 0 Å². The summed E-state index contributed by atoms with van der Waals surface area (Å²) in [5.74, 6) is -0.323. The average Bonchev–Trinajstić information content (AvgIpc) is 1.96. The summed E-state index contributed by atoms with van der Waals surface area (Å²) in [4.78, 5) is 23.4. The van der Waals surface area contributed by atoms with Crippen molar-refractivity contribution in [3.05, 3.63) is 0 Å². The van der Waals surface area contributed by atoms with Crippen molar-refractivity contribution >= 4 is 11.9 Å². The zero-order valence-corrected chi connectivity index (χ0v) is 8.25. The van der Waals surface area contributed by atoms with Crippen LogP contribution in [0.1, 0.15) is 6.42 Å². The number of hydrogen-bond acceptors (Lipinski definition) is 4. The van der Waals surface area contributed by atoms with Crippen LogP contribution in [0.25, 0.3) is 0 Å². The molecule has 6 heteroatoms. The molecule has 1 aliphatic heterocycles. The number of carbonyl (C=O) groups is 2. The molecule has 1 fully saturated rings. The fourth-order valence-electron chi connectivity index (χ4n) is 1.25. The second-order valence-corrected chi connectivity index (χ2v) is 3.46. The zero-order valence-electron chi connectivity index (χ0n) is 8.25. The maximum absolute atomic E-state index is 11.0. The van der Waals surface area contributed by atoms with Gasteiger partial charge in [-0.25, -0.2) is 4.79 Å². The van der Waals surface area contributed by atoms with Crippen LogP contribution >= 0.6 is 0 Å². The van der Waals surface area contributed by atoms with Gasteiger partial charge in [0.2, 0.25) is 5.91 Å². The second kappa shape index (κ2) is 4.92. The summed E-state index contributed by atoms with van der Waals surface area (Å²) < 4.78 is 0. The molecule has 3 amide bonds. The Morgan fingerprint density at radius 3 is 2.64 bits per heavy atom. The molecule has 0 unspecified atom stereocenters. The van der Waals surface area contributed by atoms with E-state index in [4.69, 9.17) is 5.73 Å². The summed E-state index contributed by atoms with van der Waals surface area (Å²) in [5.41, 5.74) is 4.80. The van der Waals surface area contributed by atoms with Crippen LogP contribution in [-0.4, -0.2) is 49.6 Å². The van der Waals surface area contributed by atoms with Crippen molar-refractivity contribution in [3.8, 4) is 0 Å². The summed E-state index contributed by atoms with van der Waals surface area (Å²) in [6, 6.07) is -0.278. The number of likely N-dealkylation sites (N-methyl/N-ethyl adjacent to an activating group) is 1. The smallest absolute Gasteiger partial charge is 0.318 e. The molecule has 0 bridgehead atoms. The standard InChI is InChI=1S/C8H16N4O2/c1-12(6-4-10-5-6)3-2-7(13)11-8(9)14/h6,10H,2-5H2,1H3,(H3,9,11,13,14). The molecule has 0 aliphatic carbocycles. The molecule has 14 heavy (non-hydrogen) atoms. The largest absolute Gasteiger partial charge is 0.351 e. The molecular formula is C8H16N4O2. The third-order valence-corrected chi connectivity index (χ3v) is 2.34. The molecule has 0 radical (unpaired) electrons. The van der Waals surface area contributed by atoms with Gasteiger partial charge in [0.1, 0.15) is 0 Å². The molecule has 0 atom stereocenters. The summed E-state index contributed by atoms with van der Waals surface area (Å²) in [6.07, 6.45) is 0.302. The molecular weight excluding hydrogens is 184 g/mol. The van der Waals surface area contributed by atoms with Crippen LogP contribution in [0.4, 0.5) is 4.79 Å². The molecule has 0 aromatic heterocycles. The molecule has 0 aromatic carbocycles. The van der Waals surface area contributed by atoms with Crippen LogP contribution in [0.2, 0.25) is 0 Å². The van der Waals surface area contributed by atoms with E-state index in [0.29, 0.717) is 19.0 Å². The molecule has 1 rings (SSSR count). The Kier molecular flexibility index (Phi) is 3.84. The maximum Gasteiger partial charge on any atom is 0.318 e. The second-order valence-electron chi connectivity index (χ2n) is 3.46. The van der Waals surface area contributed by atoms with E-state index in [9.17, 15) is 9.59 Å². The summed E-state index contributed by atoms with van der Waals surface area (Å²) in [6.45, 7) is 2.58. The Hall–Kier alpha value is -1.14. The van der Waals surface area contributed by atoms with Gasteiger partial charge < -0.3 is 16.0 Å². The van der Waals surface area contributed by atoms with Gasteiger partial charge in [0.25, 0.3) is 0 Å². The predicted molar refractivity (Wildman–Crippen MR) is 51.6 cm³/mol. The predicted octanol–water partition coefficient (Wildman–Crippen LogP) is -1.52. The third-order valence-electron chi connectivity index (χ3n) is 2.34. The van der Waals surface area contributed by atoms with Gasteiger partial charge in [0.05, 0.1) is 0 Å². The fourth-order valence-corrected chi connectivity index (χ4v) is 1.25. The first-order valence-electron chi connectivity index (χ1n) is 4.60. The molecule has 0 spiro atoms. The Bertz CT molecular complexity index is 227. The minimum absolute atomic E-state index is 0.302. The van der Waals surface area contributed by atoms with Crippen molar-refractivity contribution in [1.29, 1.82) is 0 Å². The highest BCUT2D eigenvalue weighted by Gasteiger charge is 2.21. The molecule has 0 saturated carbocycles. The Morgan fingerprint density at radius 2 is 2.21 bits per heavy atom. The van der Waals surface area contributed by atoms with E-state index < -0.39 is 6.03 Å². The average molecular weight is 200 g/mol. The lowest BCUT2D eigenvalue weighted by Gasteiger charge is -2.35. The highest BCUT2D eigenvalue weighted by Crippen LogP contribution is 2.02. The number of rotatable bonds is 4. The normalized spacial score (nSPS) is 16.4. The Balaban J connectivity index is 2.12. The minimum atomic E-state index is -0.789. The van der Waals surface area contributed by atoms with Crippen LogP contribution in [0.15, 0.2) is 0 Å². The van der Waals surface area contributed by atoms with Crippen LogP contribution in [-0.2, 0) is 4.79 Å². The van der Waals surface area contributed by atoms with Crippen molar-refractivity contribution in [3.63, 3.8) is 0 Å². The van der Waals surface area contributed by atoms with E-state index >= 15 is 0 Å². The highest BCUT2D eigenvalue weighted by molar-refractivity contribution is 5.93. The lowest BCUT2D eigenvalue weighted by molar-refractivity contribution is -0.120. The number of carbonyl (C=O) groups excluding carboxylic acids is 2. The molecule has 1 aliphatic rings. The molecule has 1 heterocycles. The van der Waals surface area contributed by atoms with Gasteiger partial charge in [-0.3, -0.25) is 10.1 Å². The summed E-state index contributed by atoms with van der Waals surface area (Å²) >= 11 is 0. The number of hydrogen-bond donors (Lipinski definition) is 3.